The number of thiocarbonyl (C=S) groups is 1. The van der Waals surface area contributed by atoms with E-state index in [0.717, 1.165) is 18.8 Å². The molecule has 0 radical (unpaired) electrons. The topological polar surface area (TPSA) is 64.7 Å². The Bertz CT molecular complexity index is 986. The molecule has 2 aromatic carbocycles. The molecule has 0 spiro atoms. The molecule has 170 valence electrons. The molecular weight excluding hydrogens is 444 g/mol. The van der Waals surface area contributed by atoms with Crippen LogP contribution in [0, 0.1) is 0 Å². The highest BCUT2D eigenvalue weighted by Gasteiger charge is 2.21. The van der Waals surface area contributed by atoms with Crippen molar-refractivity contribution in [1.29, 1.82) is 0 Å². The number of halogens is 1. The van der Waals surface area contributed by atoms with Gasteiger partial charge in [-0.15, -0.1) is 0 Å². The van der Waals surface area contributed by atoms with Gasteiger partial charge in [0.25, 0.3) is 5.91 Å². The van der Waals surface area contributed by atoms with Crippen molar-refractivity contribution in [3.63, 3.8) is 0 Å². The van der Waals surface area contributed by atoms with Crippen molar-refractivity contribution < 1.29 is 9.59 Å². The van der Waals surface area contributed by atoms with Crippen molar-refractivity contribution in [2.75, 3.05) is 36.4 Å². The molecule has 0 atom stereocenters. The van der Waals surface area contributed by atoms with E-state index in [1.54, 1.807) is 18.2 Å². The van der Waals surface area contributed by atoms with Crippen LogP contribution in [0.2, 0.25) is 5.02 Å². The molecule has 0 aliphatic carbocycles. The van der Waals surface area contributed by atoms with E-state index >= 15 is 0 Å². The molecule has 8 heteroatoms. The molecule has 1 aliphatic heterocycles. The highest BCUT2D eigenvalue weighted by Crippen LogP contribution is 2.29. The highest BCUT2D eigenvalue weighted by molar-refractivity contribution is 7.80. The van der Waals surface area contributed by atoms with E-state index in [4.69, 9.17) is 23.8 Å². The first-order valence-electron chi connectivity index (χ1n) is 10.8. The number of piperazine rings is 1. The highest BCUT2D eigenvalue weighted by atomic mass is 35.5. The first-order chi connectivity index (χ1) is 15.3. The molecule has 0 bridgehead atoms. The minimum atomic E-state index is -0.264. The summed E-state index contributed by atoms with van der Waals surface area (Å²) < 4.78 is 0. The van der Waals surface area contributed by atoms with Gasteiger partial charge in [-0.1, -0.05) is 44.5 Å². The Labute approximate surface area is 199 Å². The summed E-state index contributed by atoms with van der Waals surface area (Å²) in [6.45, 7) is 8.96. The SMILES string of the molecule is CCC(=O)N1CCN(c2ccc(NC(=S)NC(=O)c3ccc(C(C)C)cc3)cc2Cl)CC1. The summed E-state index contributed by atoms with van der Waals surface area (Å²) in [4.78, 5) is 28.4. The largest absolute Gasteiger partial charge is 0.367 e. The number of carbonyl (C=O) groups is 2. The molecule has 1 aliphatic rings. The lowest BCUT2D eigenvalue weighted by Gasteiger charge is -2.36. The maximum Gasteiger partial charge on any atom is 0.257 e. The Morgan fingerprint density at radius 2 is 1.72 bits per heavy atom. The molecule has 32 heavy (non-hydrogen) atoms. The number of anilines is 2. The molecule has 6 nitrogen and oxygen atoms in total. The van der Waals surface area contributed by atoms with Gasteiger partial charge in [-0.3, -0.25) is 14.9 Å². The van der Waals surface area contributed by atoms with Gasteiger partial charge in [-0.25, -0.2) is 0 Å². The number of hydrogen-bond acceptors (Lipinski definition) is 4. The summed E-state index contributed by atoms with van der Waals surface area (Å²) in [5, 5.41) is 6.51. The Balaban J connectivity index is 1.56. The number of rotatable bonds is 5. The molecule has 2 amide bonds. The quantitative estimate of drug-likeness (QED) is 0.620. The number of nitrogens with zero attached hydrogens (tertiary/aromatic N) is 2. The monoisotopic (exact) mass is 472 g/mol. The van der Waals surface area contributed by atoms with Gasteiger partial charge in [0.1, 0.15) is 0 Å². The van der Waals surface area contributed by atoms with E-state index in [2.05, 4.69) is 29.4 Å². The molecule has 2 aromatic rings. The lowest BCUT2D eigenvalue weighted by atomic mass is 10.0. The zero-order valence-electron chi connectivity index (χ0n) is 18.7. The number of carbonyl (C=O) groups excluding carboxylic acids is 2. The average Bonchev–Trinajstić information content (AvgIpc) is 2.78. The minimum absolute atomic E-state index is 0.182. The van der Waals surface area contributed by atoms with E-state index < -0.39 is 0 Å². The number of benzene rings is 2. The van der Waals surface area contributed by atoms with Crippen LogP contribution < -0.4 is 15.5 Å². The van der Waals surface area contributed by atoms with Gasteiger partial charge < -0.3 is 15.1 Å². The maximum atomic E-state index is 12.5. The third-order valence-corrected chi connectivity index (χ3v) is 6.05. The summed E-state index contributed by atoms with van der Waals surface area (Å²) >= 11 is 11.8. The van der Waals surface area contributed by atoms with Crippen LogP contribution in [0.5, 0.6) is 0 Å². The lowest BCUT2D eigenvalue weighted by molar-refractivity contribution is -0.131. The summed E-state index contributed by atoms with van der Waals surface area (Å²) in [5.41, 5.74) is 3.34. The second-order valence-corrected chi connectivity index (χ2v) is 8.89. The van der Waals surface area contributed by atoms with Crippen molar-refractivity contribution in [1.82, 2.24) is 10.2 Å². The lowest BCUT2D eigenvalue weighted by Crippen LogP contribution is -2.48. The van der Waals surface area contributed by atoms with Crippen LogP contribution in [0.15, 0.2) is 42.5 Å². The summed E-state index contributed by atoms with van der Waals surface area (Å²) in [6, 6.07) is 13.1. The van der Waals surface area contributed by atoms with Crippen molar-refractivity contribution >= 4 is 52.1 Å². The number of amides is 2. The minimum Gasteiger partial charge on any atom is -0.367 e. The van der Waals surface area contributed by atoms with Crippen molar-refractivity contribution in [2.45, 2.75) is 33.1 Å². The second-order valence-electron chi connectivity index (χ2n) is 8.07. The maximum absolute atomic E-state index is 12.5. The Morgan fingerprint density at radius 3 is 2.28 bits per heavy atom. The molecule has 1 heterocycles. The van der Waals surface area contributed by atoms with Crippen LogP contribution >= 0.6 is 23.8 Å². The molecule has 1 fully saturated rings. The predicted molar refractivity (Wildman–Crippen MR) is 135 cm³/mol. The van der Waals surface area contributed by atoms with Crippen molar-refractivity contribution in [3.8, 4) is 0 Å². The standard InChI is InChI=1S/C24H29ClN4O2S/c1-4-22(30)29-13-11-28(12-14-29)21-10-9-19(15-20(21)25)26-24(32)27-23(31)18-7-5-17(6-8-18)16(2)3/h5-10,15-16H,4,11-14H2,1-3H3,(H2,26,27,31,32). The normalized spacial score (nSPS) is 13.8. The van der Waals surface area contributed by atoms with Crippen molar-refractivity contribution in [3.05, 3.63) is 58.6 Å². The fourth-order valence-corrected chi connectivity index (χ4v) is 4.13. The predicted octanol–water partition coefficient (Wildman–Crippen LogP) is 4.65. The van der Waals surface area contributed by atoms with Gasteiger partial charge in [0.2, 0.25) is 5.91 Å². The molecule has 3 rings (SSSR count). The molecule has 0 unspecified atom stereocenters. The fourth-order valence-electron chi connectivity index (χ4n) is 3.62. The molecule has 0 aromatic heterocycles. The first kappa shape index (κ1) is 24.0. The van der Waals surface area contributed by atoms with Crippen molar-refractivity contribution in [2.24, 2.45) is 0 Å². The zero-order valence-corrected chi connectivity index (χ0v) is 20.2. The van der Waals surface area contributed by atoms with Gasteiger partial charge in [-0.05, 0) is 54.0 Å². The zero-order chi connectivity index (χ0) is 23.3. The fraction of sp³-hybridized carbons (Fsp3) is 0.375. The molecular formula is C24H29ClN4O2S. The second kappa shape index (κ2) is 10.8. The van der Waals surface area contributed by atoms with Gasteiger partial charge in [0.15, 0.2) is 5.11 Å². The van der Waals surface area contributed by atoms with Crippen LogP contribution in [0.1, 0.15) is 49.0 Å². The van der Waals surface area contributed by atoms with Gasteiger partial charge in [-0.2, -0.15) is 0 Å². The summed E-state index contributed by atoms with van der Waals surface area (Å²) in [5.74, 6) is 0.326. The smallest absolute Gasteiger partial charge is 0.257 e. The molecule has 1 saturated heterocycles. The Morgan fingerprint density at radius 1 is 1.06 bits per heavy atom. The average molecular weight is 473 g/mol. The van der Waals surface area contributed by atoms with E-state index in [-0.39, 0.29) is 16.9 Å². The number of nitrogens with one attached hydrogen (secondary N) is 2. The summed E-state index contributed by atoms with van der Waals surface area (Å²) in [6.07, 6.45) is 0.529. The third kappa shape index (κ3) is 5.99. The molecule has 2 N–H and O–H groups in total. The van der Waals surface area contributed by atoms with Crippen LogP contribution in [0.25, 0.3) is 0 Å². The summed E-state index contributed by atoms with van der Waals surface area (Å²) in [7, 11) is 0. The van der Waals surface area contributed by atoms with E-state index in [1.165, 1.54) is 5.56 Å². The third-order valence-electron chi connectivity index (χ3n) is 5.55. The van der Waals surface area contributed by atoms with Crippen LogP contribution in [0.4, 0.5) is 11.4 Å². The first-order valence-corrected chi connectivity index (χ1v) is 11.6. The van der Waals surface area contributed by atoms with Gasteiger partial charge in [0, 0.05) is 43.9 Å². The Kier molecular flexibility index (Phi) is 8.10. The van der Waals surface area contributed by atoms with Crippen LogP contribution in [-0.4, -0.2) is 48.0 Å². The van der Waals surface area contributed by atoms with Gasteiger partial charge in [0.05, 0.1) is 10.7 Å². The molecule has 0 saturated carbocycles. The van der Waals surface area contributed by atoms with Crippen LogP contribution in [0.3, 0.4) is 0 Å². The van der Waals surface area contributed by atoms with E-state index in [9.17, 15) is 9.59 Å². The Hall–Kier alpha value is -2.64. The van der Waals surface area contributed by atoms with Crippen LogP contribution in [-0.2, 0) is 4.79 Å². The van der Waals surface area contributed by atoms with Gasteiger partial charge >= 0.3 is 0 Å². The number of hydrogen-bond donors (Lipinski definition) is 2. The van der Waals surface area contributed by atoms with E-state index in [0.29, 0.717) is 41.7 Å². The van der Waals surface area contributed by atoms with E-state index in [1.807, 2.05) is 36.1 Å².